The van der Waals surface area contributed by atoms with Crippen LogP contribution in [-0.2, 0) is 18.6 Å². The van der Waals surface area contributed by atoms with Crippen LogP contribution >= 0.6 is 11.3 Å². The molecular formula is C16H18N2O2S. The van der Waals surface area contributed by atoms with Gasteiger partial charge in [-0.3, -0.25) is 0 Å². The number of aryl methyl sites for hydroxylation is 1. The number of thiophene rings is 1. The fraction of sp³-hybridized carbons (Fsp3) is 0.312. The molecule has 1 aliphatic rings. The fourth-order valence-corrected chi connectivity index (χ4v) is 3.37. The van der Waals surface area contributed by atoms with Crippen molar-refractivity contribution in [2.24, 2.45) is 0 Å². The van der Waals surface area contributed by atoms with Gasteiger partial charge in [-0.1, -0.05) is 30.3 Å². The summed E-state index contributed by atoms with van der Waals surface area (Å²) in [5.41, 5.74) is 1.15. The first kappa shape index (κ1) is 14.1. The van der Waals surface area contributed by atoms with Gasteiger partial charge >= 0.3 is 6.03 Å². The molecule has 0 saturated carbocycles. The number of carbonyl (C=O) groups is 1. The van der Waals surface area contributed by atoms with Crippen LogP contribution in [0.25, 0.3) is 0 Å². The lowest BCUT2D eigenvalue weighted by atomic mass is 9.96. The van der Waals surface area contributed by atoms with Gasteiger partial charge in [-0.05, 0) is 35.4 Å². The quantitative estimate of drug-likeness (QED) is 0.812. The lowest BCUT2D eigenvalue weighted by Crippen LogP contribution is -2.43. The molecule has 1 aliphatic carbocycles. The standard InChI is InChI=1S/C16H18N2O2S/c19-15(17-10-13-5-3-9-21-13)18-11-16(20)8-7-12-4-1-2-6-14(12)16/h1-6,9,20H,7-8,10-11H2,(H2,17,18,19)/t16-/m0/s1. The van der Waals surface area contributed by atoms with Crippen molar-refractivity contribution in [2.45, 2.75) is 25.0 Å². The Hall–Kier alpha value is -1.85. The van der Waals surface area contributed by atoms with Crippen molar-refractivity contribution < 1.29 is 9.90 Å². The zero-order valence-corrected chi connectivity index (χ0v) is 12.5. The van der Waals surface area contributed by atoms with Crippen molar-refractivity contribution in [3.05, 3.63) is 57.8 Å². The lowest BCUT2D eigenvalue weighted by molar-refractivity contribution is 0.0412. The van der Waals surface area contributed by atoms with Gasteiger partial charge in [0.1, 0.15) is 5.60 Å². The number of hydrogen-bond donors (Lipinski definition) is 3. The van der Waals surface area contributed by atoms with E-state index in [1.807, 2.05) is 41.8 Å². The Kier molecular flexibility index (Phi) is 3.94. The number of rotatable bonds is 4. The molecule has 5 heteroatoms. The summed E-state index contributed by atoms with van der Waals surface area (Å²) in [6.07, 6.45) is 1.50. The first-order valence-corrected chi connectivity index (χ1v) is 7.90. The summed E-state index contributed by atoms with van der Waals surface area (Å²) in [5, 5.41) is 18.3. The number of amides is 2. The van der Waals surface area contributed by atoms with Gasteiger partial charge in [-0.15, -0.1) is 11.3 Å². The summed E-state index contributed by atoms with van der Waals surface area (Å²) in [6.45, 7) is 0.749. The molecule has 0 fully saturated rings. The second-order valence-electron chi connectivity index (χ2n) is 5.30. The second-order valence-corrected chi connectivity index (χ2v) is 6.34. The van der Waals surface area contributed by atoms with Crippen LogP contribution in [0.5, 0.6) is 0 Å². The Morgan fingerprint density at radius 1 is 1.24 bits per heavy atom. The van der Waals surface area contributed by atoms with Gasteiger partial charge in [0, 0.05) is 4.88 Å². The molecule has 0 spiro atoms. The minimum absolute atomic E-state index is 0.236. The Labute approximate surface area is 127 Å². The van der Waals surface area contributed by atoms with Gasteiger partial charge in [0.2, 0.25) is 0 Å². The maximum absolute atomic E-state index is 11.8. The molecule has 110 valence electrons. The Morgan fingerprint density at radius 3 is 2.90 bits per heavy atom. The molecule has 3 rings (SSSR count). The highest BCUT2D eigenvalue weighted by Crippen LogP contribution is 2.36. The second kappa shape index (κ2) is 5.87. The highest BCUT2D eigenvalue weighted by Gasteiger charge is 2.36. The average Bonchev–Trinajstić information content (AvgIpc) is 3.13. The van der Waals surface area contributed by atoms with E-state index in [9.17, 15) is 9.90 Å². The Bertz CT molecular complexity index is 627. The minimum atomic E-state index is -0.948. The topological polar surface area (TPSA) is 61.4 Å². The molecule has 21 heavy (non-hydrogen) atoms. The summed E-state index contributed by atoms with van der Waals surface area (Å²) >= 11 is 1.61. The average molecular weight is 302 g/mol. The maximum atomic E-state index is 11.8. The maximum Gasteiger partial charge on any atom is 0.315 e. The highest BCUT2D eigenvalue weighted by atomic mass is 32.1. The van der Waals surface area contributed by atoms with Gasteiger partial charge in [0.15, 0.2) is 0 Å². The number of urea groups is 1. The first-order valence-electron chi connectivity index (χ1n) is 7.02. The van der Waals surface area contributed by atoms with E-state index in [1.54, 1.807) is 11.3 Å². The smallest absolute Gasteiger partial charge is 0.315 e. The molecule has 1 aromatic heterocycles. The SMILES string of the molecule is O=C(NCc1cccs1)NC[C@@]1(O)CCc2ccccc21. The van der Waals surface area contributed by atoms with E-state index in [2.05, 4.69) is 10.6 Å². The van der Waals surface area contributed by atoms with E-state index in [0.29, 0.717) is 13.0 Å². The van der Waals surface area contributed by atoms with Crippen molar-refractivity contribution in [2.75, 3.05) is 6.54 Å². The number of benzene rings is 1. The molecule has 1 aromatic carbocycles. The van der Waals surface area contributed by atoms with Crippen LogP contribution in [0.1, 0.15) is 22.4 Å². The van der Waals surface area contributed by atoms with Gasteiger partial charge in [0.05, 0.1) is 13.1 Å². The zero-order chi connectivity index (χ0) is 14.7. The molecule has 0 saturated heterocycles. The van der Waals surface area contributed by atoms with Crippen molar-refractivity contribution in [1.82, 2.24) is 10.6 Å². The lowest BCUT2D eigenvalue weighted by Gasteiger charge is -2.24. The van der Waals surface area contributed by atoms with E-state index in [1.165, 1.54) is 5.56 Å². The third-order valence-corrected chi connectivity index (χ3v) is 4.75. The predicted molar refractivity (Wildman–Crippen MR) is 83.2 cm³/mol. The predicted octanol–water partition coefficient (Wildman–Crippen LogP) is 2.38. The van der Waals surface area contributed by atoms with Crippen LogP contribution in [0, 0.1) is 0 Å². The largest absolute Gasteiger partial charge is 0.383 e. The number of nitrogens with one attached hydrogen (secondary N) is 2. The van der Waals surface area contributed by atoms with Crippen LogP contribution < -0.4 is 10.6 Å². The number of fused-ring (bicyclic) bond motifs is 1. The van der Waals surface area contributed by atoms with E-state index < -0.39 is 5.60 Å². The summed E-state index contributed by atoms with van der Waals surface area (Å²) in [4.78, 5) is 12.9. The normalized spacial score (nSPS) is 20.0. The van der Waals surface area contributed by atoms with Crippen LogP contribution in [0.3, 0.4) is 0 Å². The summed E-state index contributed by atoms with van der Waals surface area (Å²) in [5.74, 6) is 0. The zero-order valence-electron chi connectivity index (χ0n) is 11.6. The van der Waals surface area contributed by atoms with Gasteiger partial charge < -0.3 is 15.7 Å². The molecular weight excluding hydrogens is 284 g/mol. The minimum Gasteiger partial charge on any atom is -0.383 e. The molecule has 0 aliphatic heterocycles. The Morgan fingerprint density at radius 2 is 2.10 bits per heavy atom. The summed E-state index contributed by atoms with van der Waals surface area (Å²) in [6, 6.07) is 11.6. The van der Waals surface area contributed by atoms with Crippen LogP contribution in [0.15, 0.2) is 41.8 Å². The third-order valence-electron chi connectivity index (χ3n) is 3.87. The van der Waals surface area contributed by atoms with Gasteiger partial charge in [0.25, 0.3) is 0 Å². The molecule has 0 unspecified atom stereocenters. The molecule has 0 bridgehead atoms. The molecule has 0 radical (unpaired) electrons. The van der Waals surface area contributed by atoms with Crippen molar-refractivity contribution in [3.8, 4) is 0 Å². The molecule has 1 heterocycles. The number of carbonyl (C=O) groups excluding carboxylic acids is 1. The monoisotopic (exact) mass is 302 g/mol. The Balaban J connectivity index is 1.54. The molecule has 4 nitrogen and oxygen atoms in total. The van der Waals surface area contributed by atoms with Crippen LogP contribution in [0.2, 0.25) is 0 Å². The van der Waals surface area contributed by atoms with Crippen molar-refractivity contribution in [3.63, 3.8) is 0 Å². The summed E-state index contributed by atoms with van der Waals surface area (Å²) < 4.78 is 0. The van der Waals surface area contributed by atoms with Gasteiger partial charge in [-0.25, -0.2) is 4.79 Å². The van der Waals surface area contributed by atoms with E-state index in [0.717, 1.165) is 16.9 Å². The fourth-order valence-electron chi connectivity index (χ4n) is 2.72. The van der Waals surface area contributed by atoms with E-state index in [-0.39, 0.29) is 12.6 Å². The van der Waals surface area contributed by atoms with Crippen molar-refractivity contribution in [1.29, 1.82) is 0 Å². The van der Waals surface area contributed by atoms with Crippen LogP contribution in [-0.4, -0.2) is 17.7 Å². The third kappa shape index (κ3) is 3.09. The van der Waals surface area contributed by atoms with E-state index >= 15 is 0 Å². The molecule has 1 atom stereocenters. The van der Waals surface area contributed by atoms with Crippen molar-refractivity contribution >= 4 is 17.4 Å². The molecule has 3 N–H and O–H groups in total. The van der Waals surface area contributed by atoms with Gasteiger partial charge in [-0.2, -0.15) is 0 Å². The number of hydrogen-bond acceptors (Lipinski definition) is 3. The van der Waals surface area contributed by atoms with E-state index in [4.69, 9.17) is 0 Å². The molecule has 2 aromatic rings. The highest BCUT2D eigenvalue weighted by molar-refractivity contribution is 7.09. The van der Waals surface area contributed by atoms with Crippen LogP contribution in [0.4, 0.5) is 4.79 Å². The number of aliphatic hydroxyl groups is 1. The summed E-state index contributed by atoms with van der Waals surface area (Å²) in [7, 11) is 0. The molecule has 2 amide bonds. The first-order chi connectivity index (χ1) is 10.2.